The lowest BCUT2D eigenvalue weighted by Gasteiger charge is -2.50. The maximum absolute atomic E-state index is 11.3. The minimum atomic E-state index is -0.891. The number of ether oxygens (including phenoxy) is 3. The van der Waals surface area contributed by atoms with Crippen LogP contribution in [0.1, 0.15) is 138 Å². The average Bonchev–Trinajstić information content (AvgIpc) is 2.87. The molecule has 240 valence electrons. The van der Waals surface area contributed by atoms with Gasteiger partial charge < -0.3 is 34.8 Å². The fourth-order valence-corrected chi connectivity index (χ4v) is 5.57. The van der Waals surface area contributed by atoms with Gasteiger partial charge in [0.2, 0.25) is 0 Å². The van der Waals surface area contributed by atoms with E-state index in [-0.39, 0.29) is 31.3 Å². The Morgan fingerprint density at radius 2 is 1.30 bits per heavy atom. The second-order valence-corrected chi connectivity index (χ2v) is 14.1. The lowest BCUT2D eigenvalue weighted by atomic mass is 9.78. The highest BCUT2D eigenvalue weighted by Crippen LogP contribution is 2.35. The standard InChI is InChI=1S/C33H67NO6/c1-8-9-10-11-12-13-14-15-16-17-18-19-20-21-22-38-25-26(36)23-34-28-29(37)30(40-33(5,6)7)27(24-35)39-31(28)32(2,3)4/h26-31,34-37H,8-25H2,1-7H3. The van der Waals surface area contributed by atoms with Crippen molar-refractivity contribution in [2.45, 2.75) is 181 Å². The lowest BCUT2D eigenvalue weighted by Crippen LogP contribution is -2.67. The number of hydrogen-bond donors (Lipinski definition) is 4. The molecule has 1 rings (SSSR count). The van der Waals surface area contributed by atoms with Gasteiger partial charge in [0.05, 0.1) is 37.1 Å². The Balaban J connectivity index is 2.23. The summed E-state index contributed by atoms with van der Waals surface area (Å²) in [7, 11) is 0. The third-order valence-corrected chi connectivity index (χ3v) is 7.78. The maximum atomic E-state index is 11.3. The zero-order valence-electron chi connectivity index (χ0n) is 27.3. The van der Waals surface area contributed by atoms with Crippen molar-refractivity contribution in [2.24, 2.45) is 5.41 Å². The highest BCUT2D eigenvalue weighted by Gasteiger charge is 2.50. The zero-order valence-corrected chi connectivity index (χ0v) is 27.3. The Hall–Kier alpha value is -0.280. The van der Waals surface area contributed by atoms with Gasteiger partial charge in [0.15, 0.2) is 0 Å². The van der Waals surface area contributed by atoms with E-state index in [4.69, 9.17) is 14.2 Å². The van der Waals surface area contributed by atoms with Gasteiger partial charge in [-0.05, 0) is 32.6 Å². The van der Waals surface area contributed by atoms with Crippen LogP contribution < -0.4 is 5.32 Å². The molecule has 1 aliphatic rings. The van der Waals surface area contributed by atoms with E-state index < -0.39 is 36.1 Å². The first kappa shape index (κ1) is 37.7. The molecule has 0 aromatic rings. The lowest BCUT2D eigenvalue weighted by molar-refractivity contribution is -0.251. The molecule has 1 aliphatic heterocycles. The molecule has 6 atom stereocenters. The van der Waals surface area contributed by atoms with Crippen molar-refractivity contribution in [3.63, 3.8) is 0 Å². The Morgan fingerprint density at radius 3 is 1.75 bits per heavy atom. The van der Waals surface area contributed by atoms with Gasteiger partial charge in [-0.15, -0.1) is 0 Å². The molecule has 7 heteroatoms. The predicted molar refractivity (Wildman–Crippen MR) is 165 cm³/mol. The van der Waals surface area contributed by atoms with E-state index in [2.05, 4.69) is 33.0 Å². The van der Waals surface area contributed by atoms with Crippen LogP contribution in [0.15, 0.2) is 0 Å². The van der Waals surface area contributed by atoms with E-state index in [0.717, 1.165) is 6.42 Å². The number of aliphatic hydroxyl groups is 3. The smallest absolute Gasteiger partial charge is 0.114 e. The molecular weight excluding hydrogens is 506 g/mol. The Kier molecular flexibility index (Phi) is 19.4. The van der Waals surface area contributed by atoms with E-state index in [0.29, 0.717) is 6.61 Å². The summed E-state index contributed by atoms with van der Waals surface area (Å²) in [4.78, 5) is 0. The van der Waals surface area contributed by atoms with Crippen LogP contribution in [-0.4, -0.2) is 83.8 Å². The number of nitrogens with one attached hydrogen (secondary N) is 1. The van der Waals surface area contributed by atoms with Gasteiger partial charge in [0.25, 0.3) is 0 Å². The van der Waals surface area contributed by atoms with Crippen molar-refractivity contribution in [3.8, 4) is 0 Å². The van der Waals surface area contributed by atoms with Gasteiger partial charge >= 0.3 is 0 Å². The summed E-state index contributed by atoms with van der Waals surface area (Å²) in [5, 5.41) is 35.1. The minimum Gasteiger partial charge on any atom is -0.394 e. The number of aliphatic hydroxyl groups excluding tert-OH is 3. The van der Waals surface area contributed by atoms with E-state index in [1.165, 1.54) is 83.5 Å². The van der Waals surface area contributed by atoms with Crippen LogP contribution >= 0.6 is 0 Å². The molecule has 0 amide bonds. The van der Waals surface area contributed by atoms with Crippen molar-refractivity contribution >= 4 is 0 Å². The molecule has 0 radical (unpaired) electrons. The minimum absolute atomic E-state index is 0.229. The summed E-state index contributed by atoms with van der Waals surface area (Å²) in [6, 6.07) is -0.449. The molecule has 0 aromatic heterocycles. The molecular formula is C33H67NO6. The topological polar surface area (TPSA) is 100 Å². The van der Waals surface area contributed by atoms with Crippen LogP contribution in [0, 0.1) is 5.41 Å². The number of unbranched alkanes of at least 4 members (excludes halogenated alkanes) is 13. The van der Waals surface area contributed by atoms with E-state index in [1.54, 1.807) is 0 Å². The second kappa shape index (κ2) is 20.6. The normalized spacial score (nSPS) is 24.9. The van der Waals surface area contributed by atoms with Crippen molar-refractivity contribution < 1.29 is 29.5 Å². The summed E-state index contributed by atoms with van der Waals surface area (Å²) >= 11 is 0. The van der Waals surface area contributed by atoms with E-state index >= 15 is 0 Å². The SMILES string of the molecule is CCCCCCCCCCCCCCCCOCC(O)CNC1C(O)C(OC(C)(C)C)C(CO)OC1C(C)(C)C. The maximum Gasteiger partial charge on any atom is 0.114 e. The predicted octanol–water partition coefficient (Wildman–Crippen LogP) is 6.15. The summed E-state index contributed by atoms with van der Waals surface area (Å²) in [5.41, 5.74) is -0.782. The Bertz CT molecular complexity index is 605. The molecule has 0 aromatic carbocycles. The first-order valence-electron chi connectivity index (χ1n) is 16.5. The largest absolute Gasteiger partial charge is 0.394 e. The monoisotopic (exact) mass is 573 g/mol. The van der Waals surface area contributed by atoms with Crippen molar-refractivity contribution in [1.82, 2.24) is 5.32 Å². The van der Waals surface area contributed by atoms with Gasteiger partial charge in [0, 0.05) is 13.2 Å². The van der Waals surface area contributed by atoms with Crippen LogP contribution in [0.4, 0.5) is 0 Å². The Labute approximate surface area is 247 Å². The van der Waals surface area contributed by atoms with Gasteiger partial charge in [-0.2, -0.15) is 0 Å². The van der Waals surface area contributed by atoms with Gasteiger partial charge in [-0.25, -0.2) is 0 Å². The quantitative estimate of drug-likeness (QED) is 0.115. The van der Waals surface area contributed by atoms with Crippen LogP contribution in [0.3, 0.4) is 0 Å². The average molecular weight is 574 g/mol. The molecule has 0 spiro atoms. The summed E-state index contributed by atoms with van der Waals surface area (Å²) in [5.74, 6) is 0. The fraction of sp³-hybridized carbons (Fsp3) is 1.00. The molecule has 6 unspecified atom stereocenters. The van der Waals surface area contributed by atoms with Gasteiger partial charge in [0.1, 0.15) is 18.3 Å². The molecule has 0 aliphatic carbocycles. The van der Waals surface area contributed by atoms with Gasteiger partial charge in [-0.3, -0.25) is 0 Å². The second-order valence-electron chi connectivity index (χ2n) is 14.1. The molecule has 1 fully saturated rings. The van der Waals surface area contributed by atoms with Crippen LogP contribution in [0.5, 0.6) is 0 Å². The van der Waals surface area contributed by atoms with Crippen molar-refractivity contribution in [3.05, 3.63) is 0 Å². The third-order valence-electron chi connectivity index (χ3n) is 7.78. The van der Waals surface area contributed by atoms with Gasteiger partial charge in [-0.1, -0.05) is 111 Å². The molecule has 7 nitrogen and oxygen atoms in total. The molecule has 0 saturated carbocycles. The first-order chi connectivity index (χ1) is 18.9. The van der Waals surface area contributed by atoms with Crippen LogP contribution in [-0.2, 0) is 14.2 Å². The van der Waals surface area contributed by atoms with Crippen LogP contribution in [0.2, 0.25) is 0 Å². The molecule has 4 N–H and O–H groups in total. The third kappa shape index (κ3) is 16.4. The van der Waals surface area contributed by atoms with E-state index in [9.17, 15) is 15.3 Å². The van der Waals surface area contributed by atoms with E-state index in [1.807, 2.05) is 20.8 Å². The summed E-state index contributed by atoms with van der Waals surface area (Å²) in [6.07, 6.45) is 15.4. The number of hydrogen-bond acceptors (Lipinski definition) is 7. The van der Waals surface area contributed by atoms with Crippen LogP contribution in [0.25, 0.3) is 0 Å². The highest BCUT2D eigenvalue weighted by molar-refractivity contribution is 5.01. The molecule has 1 heterocycles. The molecule has 0 bridgehead atoms. The molecule has 1 saturated heterocycles. The summed E-state index contributed by atoms with van der Waals surface area (Å²) in [6.45, 7) is 15.2. The number of rotatable bonds is 22. The van der Waals surface area contributed by atoms with Crippen molar-refractivity contribution in [2.75, 3.05) is 26.4 Å². The Morgan fingerprint density at radius 1 is 0.800 bits per heavy atom. The highest BCUT2D eigenvalue weighted by atomic mass is 16.6. The summed E-state index contributed by atoms with van der Waals surface area (Å²) < 4.78 is 18.1. The first-order valence-corrected chi connectivity index (χ1v) is 16.5. The van der Waals surface area contributed by atoms with Crippen molar-refractivity contribution in [1.29, 1.82) is 0 Å². The fourth-order valence-electron chi connectivity index (χ4n) is 5.57. The molecule has 40 heavy (non-hydrogen) atoms. The zero-order chi connectivity index (χ0) is 30.0.